The van der Waals surface area contributed by atoms with Crippen LogP contribution in [-0.4, -0.2) is 12.9 Å². The van der Waals surface area contributed by atoms with E-state index in [0.717, 1.165) is 49.7 Å². The molecule has 0 aliphatic heterocycles. The van der Waals surface area contributed by atoms with Crippen molar-refractivity contribution in [3.63, 3.8) is 0 Å². The van der Waals surface area contributed by atoms with Gasteiger partial charge in [-0.25, -0.2) is 0 Å². The Labute approximate surface area is 140 Å². The zero-order chi connectivity index (χ0) is 16.2. The lowest BCUT2D eigenvalue weighted by molar-refractivity contribution is -0.133. The van der Waals surface area contributed by atoms with Crippen LogP contribution in [0.25, 0.3) is 0 Å². The summed E-state index contributed by atoms with van der Waals surface area (Å²) in [5.41, 5.74) is 1.84. The standard InChI is InChI=1S/C21H30O2/c1-4-21-12-10-17-16(18(21)7-8-19(21)22)6-5-14-13-15(23-3)9-11-20(14,17)2/h5,13,16-18H,4,6-12H2,1-3H3/t16-,17?,18?,20+,21+/m1/s1. The summed E-state index contributed by atoms with van der Waals surface area (Å²) in [5, 5.41) is 0. The Hall–Kier alpha value is -1.05. The van der Waals surface area contributed by atoms with Crippen molar-refractivity contribution < 1.29 is 9.53 Å². The molecule has 2 nitrogen and oxygen atoms in total. The predicted molar refractivity (Wildman–Crippen MR) is 91.8 cm³/mol. The molecule has 2 unspecified atom stereocenters. The Morgan fingerprint density at radius 1 is 1.22 bits per heavy atom. The molecular weight excluding hydrogens is 284 g/mol. The number of allylic oxidation sites excluding steroid dienone is 4. The van der Waals surface area contributed by atoms with E-state index < -0.39 is 0 Å². The van der Waals surface area contributed by atoms with E-state index >= 15 is 0 Å². The SMILES string of the molecule is CC[C@]12CCC3[C@@H](CC=C4C=C(OC)CC[C@@]43C)C1CCC2=O. The number of Topliss-reactive ketones (excluding diaryl/α,β-unsaturated/α-hetero) is 1. The first-order valence-electron chi connectivity index (χ1n) is 9.53. The Morgan fingerprint density at radius 2 is 2.04 bits per heavy atom. The molecular formula is C21H30O2. The molecule has 0 heterocycles. The van der Waals surface area contributed by atoms with Gasteiger partial charge in [-0.15, -0.1) is 0 Å². The highest BCUT2D eigenvalue weighted by atomic mass is 16.5. The maximum atomic E-state index is 12.6. The van der Waals surface area contributed by atoms with Crippen LogP contribution in [0.3, 0.4) is 0 Å². The summed E-state index contributed by atoms with van der Waals surface area (Å²) < 4.78 is 5.51. The molecule has 4 aliphatic rings. The van der Waals surface area contributed by atoms with Crippen LogP contribution in [0.15, 0.2) is 23.5 Å². The number of hydrogen-bond donors (Lipinski definition) is 0. The summed E-state index contributed by atoms with van der Waals surface area (Å²) in [7, 11) is 1.79. The van der Waals surface area contributed by atoms with Gasteiger partial charge in [0, 0.05) is 18.3 Å². The van der Waals surface area contributed by atoms with Crippen molar-refractivity contribution in [3.8, 4) is 0 Å². The third-order valence-corrected chi connectivity index (χ3v) is 8.07. The molecule has 0 radical (unpaired) electrons. The van der Waals surface area contributed by atoms with E-state index in [4.69, 9.17) is 4.74 Å². The normalized spacial score (nSPS) is 45.5. The van der Waals surface area contributed by atoms with E-state index in [2.05, 4.69) is 26.0 Å². The zero-order valence-corrected chi connectivity index (χ0v) is 14.9. The molecule has 0 bridgehead atoms. The van der Waals surface area contributed by atoms with Crippen molar-refractivity contribution in [3.05, 3.63) is 23.5 Å². The summed E-state index contributed by atoms with van der Waals surface area (Å²) in [6.45, 7) is 4.73. The zero-order valence-electron chi connectivity index (χ0n) is 14.9. The van der Waals surface area contributed by atoms with Crippen LogP contribution in [0.4, 0.5) is 0 Å². The lowest BCUT2D eigenvalue weighted by Crippen LogP contribution is -2.50. The fourth-order valence-electron chi connectivity index (χ4n) is 6.68. The molecule has 0 amide bonds. The van der Waals surface area contributed by atoms with Gasteiger partial charge in [-0.2, -0.15) is 0 Å². The number of ether oxygens (including phenoxy) is 1. The van der Waals surface area contributed by atoms with Crippen LogP contribution in [0.5, 0.6) is 0 Å². The second-order valence-corrected chi connectivity index (χ2v) is 8.51. The highest BCUT2D eigenvalue weighted by Crippen LogP contribution is 2.64. The third-order valence-electron chi connectivity index (χ3n) is 8.07. The lowest BCUT2D eigenvalue weighted by atomic mass is 9.48. The molecule has 2 heteroatoms. The topological polar surface area (TPSA) is 26.3 Å². The molecule has 0 N–H and O–H groups in total. The Morgan fingerprint density at radius 3 is 2.78 bits per heavy atom. The summed E-state index contributed by atoms with van der Waals surface area (Å²) in [6, 6.07) is 0. The minimum atomic E-state index is 0.0328. The fraction of sp³-hybridized carbons (Fsp3) is 0.762. The number of rotatable bonds is 2. The van der Waals surface area contributed by atoms with Crippen LogP contribution in [0.2, 0.25) is 0 Å². The smallest absolute Gasteiger partial charge is 0.139 e. The Bertz CT molecular complexity index is 587. The summed E-state index contributed by atoms with van der Waals surface area (Å²) in [4.78, 5) is 12.6. The van der Waals surface area contributed by atoms with Gasteiger partial charge in [-0.1, -0.05) is 19.9 Å². The number of hydrogen-bond acceptors (Lipinski definition) is 2. The molecule has 0 spiro atoms. The van der Waals surface area contributed by atoms with Crippen LogP contribution >= 0.6 is 0 Å². The molecule has 0 saturated heterocycles. The lowest BCUT2D eigenvalue weighted by Gasteiger charge is -2.56. The molecule has 4 rings (SSSR count). The molecule has 23 heavy (non-hydrogen) atoms. The van der Waals surface area contributed by atoms with Gasteiger partial charge >= 0.3 is 0 Å². The maximum absolute atomic E-state index is 12.6. The van der Waals surface area contributed by atoms with Crippen molar-refractivity contribution in [2.75, 3.05) is 7.11 Å². The first kappa shape index (κ1) is 15.5. The van der Waals surface area contributed by atoms with Crippen molar-refractivity contribution in [2.45, 2.75) is 65.2 Å². The third kappa shape index (κ3) is 1.96. The van der Waals surface area contributed by atoms with E-state index in [1.807, 2.05) is 0 Å². The monoisotopic (exact) mass is 314 g/mol. The quantitative estimate of drug-likeness (QED) is 0.713. The average molecular weight is 314 g/mol. The van der Waals surface area contributed by atoms with Gasteiger partial charge in [0.2, 0.25) is 0 Å². The first-order valence-corrected chi connectivity index (χ1v) is 9.53. The van der Waals surface area contributed by atoms with Crippen LogP contribution in [0, 0.1) is 28.6 Å². The average Bonchev–Trinajstić information content (AvgIpc) is 2.91. The molecule has 2 fully saturated rings. The van der Waals surface area contributed by atoms with Gasteiger partial charge in [-0.05, 0) is 73.3 Å². The first-order chi connectivity index (χ1) is 11.0. The summed E-state index contributed by atoms with van der Waals surface area (Å²) >= 11 is 0. The van der Waals surface area contributed by atoms with Gasteiger partial charge in [-0.3, -0.25) is 4.79 Å². The number of ketones is 1. The molecule has 0 aromatic heterocycles. The van der Waals surface area contributed by atoms with E-state index in [1.165, 1.54) is 24.8 Å². The van der Waals surface area contributed by atoms with Gasteiger partial charge < -0.3 is 4.74 Å². The predicted octanol–water partition coefficient (Wildman–Crippen LogP) is 5.05. The summed E-state index contributed by atoms with van der Waals surface area (Å²) in [6.07, 6.45) is 13.6. The van der Waals surface area contributed by atoms with Gasteiger partial charge in [0.05, 0.1) is 12.9 Å². The second-order valence-electron chi connectivity index (χ2n) is 8.51. The number of fused-ring (bicyclic) bond motifs is 5. The van der Waals surface area contributed by atoms with Gasteiger partial charge in [0.25, 0.3) is 0 Å². The number of carbonyl (C=O) groups excluding carboxylic acids is 1. The molecule has 0 aromatic rings. The van der Waals surface area contributed by atoms with Crippen LogP contribution in [0.1, 0.15) is 65.2 Å². The van der Waals surface area contributed by atoms with Crippen molar-refractivity contribution >= 4 is 5.78 Å². The fourth-order valence-corrected chi connectivity index (χ4v) is 6.68. The van der Waals surface area contributed by atoms with E-state index in [-0.39, 0.29) is 5.41 Å². The van der Waals surface area contributed by atoms with E-state index in [0.29, 0.717) is 17.1 Å². The second kappa shape index (κ2) is 5.22. The highest BCUT2D eigenvalue weighted by molar-refractivity contribution is 5.87. The number of methoxy groups -OCH3 is 1. The largest absolute Gasteiger partial charge is 0.501 e. The van der Waals surface area contributed by atoms with Crippen molar-refractivity contribution in [2.24, 2.45) is 28.6 Å². The Kier molecular flexibility index (Phi) is 3.52. The molecule has 0 aromatic carbocycles. The van der Waals surface area contributed by atoms with E-state index in [9.17, 15) is 4.79 Å². The molecule has 2 saturated carbocycles. The molecule has 4 aliphatic carbocycles. The maximum Gasteiger partial charge on any atom is 0.139 e. The van der Waals surface area contributed by atoms with Gasteiger partial charge in [0.1, 0.15) is 5.78 Å². The highest BCUT2D eigenvalue weighted by Gasteiger charge is 2.59. The van der Waals surface area contributed by atoms with Gasteiger partial charge in [0.15, 0.2) is 0 Å². The van der Waals surface area contributed by atoms with Crippen molar-refractivity contribution in [1.82, 2.24) is 0 Å². The van der Waals surface area contributed by atoms with Crippen LogP contribution in [-0.2, 0) is 9.53 Å². The van der Waals surface area contributed by atoms with Crippen LogP contribution < -0.4 is 0 Å². The summed E-state index contributed by atoms with van der Waals surface area (Å²) in [5.74, 6) is 3.84. The Balaban J connectivity index is 1.71. The van der Waals surface area contributed by atoms with E-state index in [1.54, 1.807) is 7.11 Å². The molecule has 5 atom stereocenters. The van der Waals surface area contributed by atoms with Crippen molar-refractivity contribution in [1.29, 1.82) is 0 Å². The minimum absolute atomic E-state index is 0.0328. The number of carbonyl (C=O) groups is 1. The molecule has 126 valence electrons. The minimum Gasteiger partial charge on any atom is -0.501 e.